The molecule has 1 aromatic heterocycles. The predicted octanol–water partition coefficient (Wildman–Crippen LogP) is 1.26. The maximum absolute atomic E-state index is 4.26. The van der Waals surface area contributed by atoms with E-state index >= 15 is 0 Å². The van der Waals surface area contributed by atoms with Crippen molar-refractivity contribution in [3.8, 4) is 0 Å². The second-order valence-electron chi connectivity index (χ2n) is 5.16. The molecule has 1 fully saturated rings. The van der Waals surface area contributed by atoms with Gasteiger partial charge in [0, 0.05) is 44.1 Å². The second kappa shape index (κ2) is 5.65. The number of hydrogen-bond acceptors (Lipinski definition) is 3. The molecule has 4 nitrogen and oxygen atoms in total. The van der Waals surface area contributed by atoms with E-state index in [1.807, 2.05) is 6.20 Å². The SMILES string of the molecule is Cc1nccn1CCN1CC(C)NCCC1C. The van der Waals surface area contributed by atoms with Crippen molar-refractivity contribution in [2.45, 2.75) is 45.8 Å². The summed E-state index contributed by atoms with van der Waals surface area (Å²) < 4.78 is 2.23. The predicted molar refractivity (Wildman–Crippen MR) is 70.1 cm³/mol. The average Bonchev–Trinajstić information content (AvgIpc) is 2.62. The Balaban J connectivity index is 1.90. The topological polar surface area (TPSA) is 33.1 Å². The molecule has 17 heavy (non-hydrogen) atoms. The molecule has 1 aliphatic rings. The highest BCUT2D eigenvalue weighted by molar-refractivity contribution is 4.89. The van der Waals surface area contributed by atoms with Crippen LogP contribution in [0.2, 0.25) is 0 Å². The summed E-state index contributed by atoms with van der Waals surface area (Å²) in [5, 5.41) is 3.55. The van der Waals surface area contributed by atoms with Crippen LogP contribution in [0.5, 0.6) is 0 Å². The van der Waals surface area contributed by atoms with Crippen molar-refractivity contribution in [1.82, 2.24) is 19.8 Å². The van der Waals surface area contributed by atoms with Gasteiger partial charge in [0.25, 0.3) is 0 Å². The lowest BCUT2D eigenvalue weighted by molar-refractivity contribution is 0.199. The molecule has 0 saturated carbocycles. The Bertz CT molecular complexity index is 347. The van der Waals surface area contributed by atoms with E-state index < -0.39 is 0 Å². The van der Waals surface area contributed by atoms with E-state index in [9.17, 15) is 0 Å². The van der Waals surface area contributed by atoms with Crippen molar-refractivity contribution < 1.29 is 0 Å². The third-order valence-corrected chi connectivity index (χ3v) is 3.74. The first-order chi connectivity index (χ1) is 8.16. The van der Waals surface area contributed by atoms with Gasteiger partial charge in [-0.25, -0.2) is 4.98 Å². The smallest absolute Gasteiger partial charge is 0.105 e. The molecule has 2 rings (SSSR count). The van der Waals surface area contributed by atoms with E-state index in [1.54, 1.807) is 0 Å². The van der Waals surface area contributed by atoms with Gasteiger partial charge in [0.1, 0.15) is 5.82 Å². The van der Waals surface area contributed by atoms with Crippen LogP contribution >= 0.6 is 0 Å². The largest absolute Gasteiger partial charge is 0.334 e. The number of nitrogens with one attached hydrogen (secondary N) is 1. The fraction of sp³-hybridized carbons (Fsp3) is 0.769. The summed E-state index contributed by atoms with van der Waals surface area (Å²) in [6.07, 6.45) is 5.19. The zero-order valence-electron chi connectivity index (χ0n) is 11.2. The summed E-state index contributed by atoms with van der Waals surface area (Å²) in [7, 11) is 0. The molecule has 2 heterocycles. The molecule has 1 N–H and O–H groups in total. The van der Waals surface area contributed by atoms with Crippen LogP contribution in [0.1, 0.15) is 26.1 Å². The van der Waals surface area contributed by atoms with Crippen LogP contribution in [0.3, 0.4) is 0 Å². The lowest BCUT2D eigenvalue weighted by atomic mass is 10.2. The van der Waals surface area contributed by atoms with Crippen molar-refractivity contribution in [3.63, 3.8) is 0 Å². The molecule has 2 atom stereocenters. The minimum Gasteiger partial charge on any atom is -0.334 e. The summed E-state index contributed by atoms with van der Waals surface area (Å²) in [5.41, 5.74) is 0. The minimum absolute atomic E-state index is 0.601. The molecule has 4 heteroatoms. The van der Waals surface area contributed by atoms with Gasteiger partial charge >= 0.3 is 0 Å². The molecule has 0 radical (unpaired) electrons. The first-order valence-electron chi connectivity index (χ1n) is 6.62. The molecule has 1 saturated heterocycles. The molecule has 0 amide bonds. The number of hydrogen-bond donors (Lipinski definition) is 1. The number of aromatic nitrogens is 2. The van der Waals surface area contributed by atoms with E-state index in [2.05, 4.69) is 46.7 Å². The Morgan fingerprint density at radius 1 is 1.41 bits per heavy atom. The van der Waals surface area contributed by atoms with Crippen LogP contribution < -0.4 is 5.32 Å². The molecule has 0 aliphatic carbocycles. The molecule has 0 aromatic carbocycles. The maximum Gasteiger partial charge on any atom is 0.105 e. The van der Waals surface area contributed by atoms with Crippen molar-refractivity contribution >= 4 is 0 Å². The Morgan fingerprint density at radius 2 is 2.24 bits per heavy atom. The molecule has 0 bridgehead atoms. The number of imidazole rings is 1. The van der Waals surface area contributed by atoms with Crippen LogP contribution in [0.15, 0.2) is 12.4 Å². The van der Waals surface area contributed by atoms with Crippen LogP contribution in [-0.4, -0.2) is 46.2 Å². The van der Waals surface area contributed by atoms with Crippen molar-refractivity contribution in [2.75, 3.05) is 19.6 Å². The number of aryl methyl sites for hydroxylation is 1. The van der Waals surface area contributed by atoms with E-state index in [0.29, 0.717) is 12.1 Å². The Labute approximate surface area is 104 Å². The first kappa shape index (κ1) is 12.6. The molecule has 1 aromatic rings. The van der Waals surface area contributed by atoms with Gasteiger partial charge in [-0.1, -0.05) is 0 Å². The normalized spacial score (nSPS) is 27.0. The fourth-order valence-electron chi connectivity index (χ4n) is 2.51. The Hall–Kier alpha value is -0.870. The van der Waals surface area contributed by atoms with Crippen LogP contribution in [-0.2, 0) is 6.54 Å². The summed E-state index contributed by atoms with van der Waals surface area (Å²) >= 11 is 0. The highest BCUT2D eigenvalue weighted by atomic mass is 15.2. The summed E-state index contributed by atoms with van der Waals surface area (Å²) in [6.45, 7) is 11.1. The lowest BCUT2D eigenvalue weighted by Crippen LogP contribution is -2.40. The monoisotopic (exact) mass is 236 g/mol. The van der Waals surface area contributed by atoms with Crippen molar-refractivity contribution in [2.24, 2.45) is 0 Å². The quantitative estimate of drug-likeness (QED) is 0.858. The standard InChI is InChI=1S/C13H24N4/c1-11-10-17(12(2)4-5-14-11)9-8-16-7-6-15-13(16)3/h6-7,11-12,14H,4-5,8-10H2,1-3H3. The van der Waals surface area contributed by atoms with E-state index in [-0.39, 0.29) is 0 Å². The van der Waals surface area contributed by atoms with Crippen LogP contribution in [0.25, 0.3) is 0 Å². The second-order valence-corrected chi connectivity index (χ2v) is 5.16. The van der Waals surface area contributed by atoms with Gasteiger partial charge in [0.15, 0.2) is 0 Å². The highest BCUT2D eigenvalue weighted by Crippen LogP contribution is 2.09. The van der Waals surface area contributed by atoms with Crippen molar-refractivity contribution in [3.05, 3.63) is 18.2 Å². The third kappa shape index (κ3) is 3.30. The molecular weight excluding hydrogens is 212 g/mol. The molecular formula is C13H24N4. The van der Waals surface area contributed by atoms with E-state index in [4.69, 9.17) is 0 Å². The summed E-state index contributed by atoms with van der Waals surface area (Å²) in [6, 6.07) is 1.28. The zero-order valence-corrected chi connectivity index (χ0v) is 11.2. The van der Waals surface area contributed by atoms with Gasteiger partial charge in [-0.2, -0.15) is 0 Å². The van der Waals surface area contributed by atoms with Crippen molar-refractivity contribution in [1.29, 1.82) is 0 Å². The van der Waals surface area contributed by atoms with Gasteiger partial charge in [0.05, 0.1) is 0 Å². The van der Waals surface area contributed by atoms with E-state index in [0.717, 1.165) is 32.0 Å². The van der Waals surface area contributed by atoms with Gasteiger partial charge in [0.2, 0.25) is 0 Å². The molecule has 0 spiro atoms. The Kier molecular flexibility index (Phi) is 4.18. The van der Waals surface area contributed by atoms with Gasteiger partial charge in [-0.05, 0) is 33.7 Å². The number of nitrogens with zero attached hydrogens (tertiary/aromatic N) is 3. The fourth-order valence-corrected chi connectivity index (χ4v) is 2.51. The summed E-state index contributed by atoms with van der Waals surface area (Å²) in [5.74, 6) is 1.11. The van der Waals surface area contributed by atoms with Crippen LogP contribution in [0.4, 0.5) is 0 Å². The summed E-state index contributed by atoms with van der Waals surface area (Å²) in [4.78, 5) is 6.85. The van der Waals surface area contributed by atoms with Crippen LogP contribution in [0, 0.1) is 6.92 Å². The molecule has 96 valence electrons. The van der Waals surface area contributed by atoms with Gasteiger partial charge in [-0.15, -0.1) is 0 Å². The lowest BCUT2D eigenvalue weighted by Gasteiger charge is -2.28. The van der Waals surface area contributed by atoms with Gasteiger partial charge in [-0.3, -0.25) is 4.90 Å². The van der Waals surface area contributed by atoms with E-state index in [1.165, 1.54) is 6.42 Å². The molecule has 2 unspecified atom stereocenters. The minimum atomic E-state index is 0.601. The highest BCUT2D eigenvalue weighted by Gasteiger charge is 2.19. The number of rotatable bonds is 3. The average molecular weight is 236 g/mol. The zero-order chi connectivity index (χ0) is 12.3. The third-order valence-electron chi connectivity index (χ3n) is 3.74. The maximum atomic E-state index is 4.26. The first-order valence-corrected chi connectivity index (χ1v) is 6.62. The molecule has 1 aliphatic heterocycles. The Morgan fingerprint density at radius 3 is 2.94 bits per heavy atom. The van der Waals surface area contributed by atoms with Gasteiger partial charge < -0.3 is 9.88 Å².